The van der Waals surface area contributed by atoms with Crippen LogP contribution in [0.5, 0.6) is 5.75 Å². The fourth-order valence-electron chi connectivity index (χ4n) is 2.42. The van der Waals surface area contributed by atoms with Crippen molar-refractivity contribution < 1.29 is 4.74 Å². The van der Waals surface area contributed by atoms with Crippen LogP contribution in [0.4, 0.5) is 0 Å². The number of hydrogen-bond donors (Lipinski definition) is 1. The van der Waals surface area contributed by atoms with Gasteiger partial charge in [-0.15, -0.1) is 0 Å². The van der Waals surface area contributed by atoms with E-state index >= 15 is 0 Å². The first-order valence-electron chi connectivity index (χ1n) is 7.33. The minimum absolute atomic E-state index is 0.626. The van der Waals surface area contributed by atoms with Crippen molar-refractivity contribution in [3.8, 4) is 5.75 Å². The zero-order chi connectivity index (χ0) is 13.5. The molecule has 3 heteroatoms. The molecule has 0 radical (unpaired) electrons. The summed E-state index contributed by atoms with van der Waals surface area (Å²) < 4.78 is 5.55. The van der Waals surface area contributed by atoms with Gasteiger partial charge in [-0.25, -0.2) is 0 Å². The third kappa shape index (κ3) is 4.43. The molecule has 0 saturated carbocycles. The Labute approximate surface area is 121 Å². The van der Waals surface area contributed by atoms with Gasteiger partial charge in [0.25, 0.3) is 0 Å². The van der Waals surface area contributed by atoms with Gasteiger partial charge in [0.1, 0.15) is 5.75 Å². The van der Waals surface area contributed by atoms with Gasteiger partial charge in [0.2, 0.25) is 0 Å². The molecule has 0 bridgehead atoms. The average Bonchev–Trinajstić information content (AvgIpc) is 2.90. The molecule has 1 aliphatic rings. The molecule has 106 valence electrons. The largest absolute Gasteiger partial charge is 0.493 e. The van der Waals surface area contributed by atoms with Gasteiger partial charge in [0, 0.05) is 18.2 Å². The number of hydrogen-bond acceptors (Lipinski definition) is 3. The second-order valence-corrected chi connectivity index (χ2v) is 6.29. The lowest BCUT2D eigenvalue weighted by Crippen LogP contribution is -2.28. The van der Waals surface area contributed by atoms with Crippen LogP contribution in [-0.4, -0.2) is 31.2 Å². The molecular weight excluding hydrogens is 254 g/mol. The van der Waals surface area contributed by atoms with E-state index in [0.29, 0.717) is 6.04 Å². The molecule has 0 fully saturated rings. The molecule has 19 heavy (non-hydrogen) atoms. The predicted octanol–water partition coefficient (Wildman–Crippen LogP) is 3.29. The molecule has 1 heterocycles. The summed E-state index contributed by atoms with van der Waals surface area (Å²) in [5.41, 5.74) is 2.84. The van der Waals surface area contributed by atoms with Gasteiger partial charge in [0.05, 0.1) is 6.61 Å². The lowest BCUT2D eigenvalue weighted by molar-refractivity contribution is 0.357. The predicted molar refractivity (Wildman–Crippen MR) is 84.4 cm³/mol. The summed E-state index contributed by atoms with van der Waals surface area (Å²) in [6.07, 6.45) is 4.72. The summed E-state index contributed by atoms with van der Waals surface area (Å²) in [6, 6.07) is 7.31. The van der Waals surface area contributed by atoms with E-state index in [2.05, 4.69) is 49.2 Å². The Hall–Kier alpha value is -0.670. The van der Waals surface area contributed by atoms with E-state index in [1.54, 1.807) is 0 Å². The zero-order valence-corrected chi connectivity index (χ0v) is 12.9. The van der Waals surface area contributed by atoms with Crippen LogP contribution in [-0.2, 0) is 12.8 Å². The first kappa shape index (κ1) is 14.7. The van der Waals surface area contributed by atoms with Crippen LogP contribution >= 0.6 is 11.8 Å². The van der Waals surface area contributed by atoms with Gasteiger partial charge in [-0.3, -0.25) is 0 Å². The highest BCUT2D eigenvalue weighted by Gasteiger charge is 2.12. The van der Waals surface area contributed by atoms with Gasteiger partial charge in [0.15, 0.2) is 0 Å². The van der Waals surface area contributed by atoms with Crippen LogP contribution in [0.25, 0.3) is 0 Å². The third-order valence-electron chi connectivity index (χ3n) is 3.61. The summed E-state index contributed by atoms with van der Waals surface area (Å²) >= 11 is 2.06. The third-order valence-corrected chi connectivity index (χ3v) is 4.95. The van der Waals surface area contributed by atoms with Gasteiger partial charge in [-0.2, -0.15) is 11.8 Å². The Kier molecular flexibility index (Phi) is 6.05. The smallest absolute Gasteiger partial charge is 0.122 e. The first-order valence-corrected chi connectivity index (χ1v) is 8.48. The Morgan fingerprint density at radius 1 is 1.42 bits per heavy atom. The highest BCUT2D eigenvalue weighted by molar-refractivity contribution is 7.99. The standard InChI is InChI=1S/C16H25NOS/c1-3-10-19-12-15(17-2)6-4-13-5-7-16-14(11-13)8-9-18-16/h5,7,11,15,17H,3-4,6,8-10,12H2,1-2H3. The van der Waals surface area contributed by atoms with Crippen molar-refractivity contribution in [3.05, 3.63) is 29.3 Å². The van der Waals surface area contributed by atoms with Crippen LogP contribution in [0.2, 0.25) is 0 Å². The maximum absolute atomic E-state index is 5.55. The molecule has 2 rings (SSSR count). The van der Waals surface area contributed by atoms with E-state index in [0.717, 1.165) is 25.2 Å². The molecule has 1 unspecified atom stereocenters. The van der Waals surface area contributed by atoms with Crippen molar-refractivity contribution in [3.63, 3.8) is 0 Å². The van der Waals surface area contributed by atoms with Crippen LogP contribution < -0.4 is 10.1 Å². The number of nitrogens with one attached hydrogen (secondary N) is 1. The van der Waals surface area contributed by atoms with Crippen molar-refractivity contribution in [2.24, 2.45) is 0 Å². The van der Waals surface area contributed by atoms with E-state index in [-0.39, 0.29) is 0 Å². The minimum atomic E-state index is 0.626. The quantitative estimate of drug-likeness (QED) is 0.738. The average molecular weight is 279 g/mol. The van der Waals surface area contributed by atoms with E-state index in [1.807, 2.05) is 0 Å². The Bertz CT molecular complexity index is 394. The fraction of sp³-hybridized carbons (Fsp3) is 0.625. The second kappa shape index (κ2) is 7.81. The molecule has 1 N–H and O–H groups in total. The van der Waals surface area contributed by atoms with Crippen LogP contribution in [0, 0.1) is 0 Å². The molecule has 1 aliphatic heterocycles. The maximum Gasteiger partial charge on any atom is 0.122 e. The van der Waals surface area contributed by atoms with Crippen LogP contribution in [0.3, 0.4) is 0 Å². The molecule has 2 nitrogen and oxygen atoms in total. The van der Waals surface area contributed by atoms with Gasteiger partial charge in [-0.1, -0.05) is 19.1 Å². The van der Waals surface area contributed by atoms with Gasteiger partial charge >= 0.3 is 0 Å². The van der Waals surface area contributed by atoms with Crippen LogP contribution in [0.1, 0.15) is 30.9 Å². The Morgan fingerprint density at radius 3 is 3.11 bits per heavy atom. The Morgan fingerprint density at radius 2 is 2.32 bits per heavy atom. The molecular formula is C16H25NOS. The zero-order valence-electron chi connectivity index (χ0n) is 12.1. The summed E-state index contributed by atoms with van der Waals surface area (Å²) in [5.74, 6) is 3.58. The number of ether oxygens (including phenoxy) is 1. The molecule has 1 atom stereocenters. The van der Waals surface area contributed by atoms with E-state index in [4.69, 9.17) is 4.74 Å². The molecule has 0 aromatic heterocycles. The summed E-state index contributed by atoms with van der Waals surface area (Å²) in [6.45, 7) is 3.10. The topological polar surface area (TPSA) is 21.3 Å². The number of rotatable bonds is 8. The van der Waals surface area contributed by atoms with E-state index in [1.165, 1.54) is 35.5 Å². The first-order chi connectivity index (χ1) is 9.33. The minimum Gasteiger partial charge on any atom is -0.493 e. The normalized spacial score (nSPS) is 15.1. The molecule has 0 aliphatic carbocycles. The molecule has 0 amide bonds. The van der Waals surface area contributed by atoms with Crippen molar-refractivity contribution in [2.45, 2.75) is 38.6 Å². The van der Waals surface area contributed by atoms with Gasteiger partial charge < -0.3 is 10.1 Å². The summed E-state index contributed by atoms with van der Waals surface area (Å²) in [4.78, 5) is 0. The Balaban J connectivity index is 1.80. The van der Waals surface area contributed by atoms with Crippen LogP contribution in [0.15, 0.2) is 18.2 Å². The fourth-order valence-corrected chi connectivity index (χ4v) is 3.49. The molecule has 0 saturated heterocycles. The number of fused-ring (bicyclic) bond motifs is 1. The lowest BCUT2D eigenvalue weighted by atomic mass is 10.0. The van der Waals surface area contributed by atoms with Crippen molar-refractivity contribution in [1.82, 2.24) is 5.32 Å². The highest BCUT2D eigenvalue weighted by Crippen LogP contribution is 2.26. The van der Waals surface area contributed by atoms with Crippen molar-refractivity contribution in [1.29, 1.82) is 0 Å². The number of thioether (sulfide) groups is 1. The highest BCUT2D eigenvalue weighted by atomic mass is 32.2. The molecule has 1 aromatic rings. The van der Waals surface area contributed by atoms with Crippen molar-refractivity contribution in [2.75, 3.05) is 25.2 Å². The summed E-state index contributed by atoms with van der Waals surface area (Å²) in [7, 11) is 2.08. The lowest BCUT2D eigenvalue weighted by Gasteiger charge is -2.15. The number of benzene rings is 1. The SMILES string of the molecule is CCCSCC(CCc1ccc2c(c1)CCO2)NC. The monoisotopic (exact) mass is 279 g/mol. The second-order valence-electron chi connectivity index (χ2n) is 5.14. The van der Waals surface area contributed by atoms with Gasteiger partial charge in [-0.05, 0) is 49.3 Å². The summed E-state index contributed by atoms with van der Waals surface area (Å²) in [5, 5.41) is 3.44. The van der Waals surface area contributed by atoms with E-state index in [9.17, 15) is 0 Å². The maximum atomic E-state index is 5.55. The molecule has 0 spiro atoms. The van der Waals surface area contributed by atoms with Crippen molar-refractivity contribution >= 4 is 11.8 Å². The van der Waals surface area contributed by atoms with E-state index < -0.39 is 0 Å². The number of aryl methyl sites for hydroxylation is 1. The molecule has 1 aromatic carbocycles.